The van der Waals surface area contributed by atoms with Crippen molar-refractivity contribution in [3.8, 4) is 0 Å². The summed E-state index contributed by atoms with van der Waals surface area (Å²) >= 11 is 1.85. The largest absolute Gasteiger partial charge is 0.372 e. The molecule has 2 aromatic rings. The van der Waals surface area contributed by atoms with Crippen LogP contribution in [0.1, 0.15) is 40.3 Å². The second-order valence-electron chi connectivity index (χ2n) is 6.10. The van der Waals surface area contributed by atoms with Gasteiger partial charge in [0.05, 0.1) is 18.2 Å². The lowest BCUT2D eigenvalue weighted by molar-refractivity contribution is 0.0792. The fraction of sp³-hybridized carbons (Fsp3) is 0.667. The van der Waals surface area contributed by atoms with Crippen LogP contribution in [0.25, 0.3) is 0 Å². The molecule has 0 unspecified atom stereocenters. The fourth-order valence-electron chi connectivity index (χ4n) is 3.27. The lowest BCUT2D eigenvalue weighted by Crippen LogP contribution is -2.34. The van der Waals surface area contributed by atoms with Crippen molar-refractivity contribution in [1.82, 2.24) is 24.6 Å². The standard InChI is InChI=1S/C15H21N5OS/c1-11-8-16-15(22-11)12-2-4-19(5-3-12)9-13-17-18-14-10-21-7-6-20(13)14/h8,12H,2-7,9-10H2,1H3. The molecular formula is C15H21N5OS. The zero-order valence-corrected chi connectivity index (χ0v) is 13.7. The van der Waals surface area contributed by atoms with Crippen molar-refractivity contribution in [2.75, 3.05) is 19.7 Å². The molecule has 6 nitrogen and oxygen atoms in total. The average molecular weight is 319 g/mol. The smallest absolute Gasteiger partial charge is 0.159 e. The molecule has 0 amide bonds. The normalized spacial score (nSPS) is 20.2. The molecule has 0 N–H and O–H groups in total. The third-order valence-electron chi connectivity index (χ3n) is 4.54. The second kappa shape index (κ2) is 6.06. The molecule has 2 aliphatic heterocycles. The van der Waals surface area contributed by atoms with E-state index >= 15 is 0 Å². The Morgan fingerprint density at radius 3 is 2.91 bits per heavy atom. The van der Waals surface area contributed by atoms with Crippen LogP contribution in [0.3, 0.4) is 0 Å². The number of hydrogen-bond donors (Lipinski definition) is 0. The van der Waals surface area contributed by atoms with Crippen LogP contribution in [-0.2, 0) is 24.4 Å². The van der Waals surface area contributed by atoms with E-state index in [2.05, 4.69) is 31.6 Å². The van der Waals surface area contributed by atoms with Crippen LogP contribution in [0, 0.1) is 6.92 Å². The zero-order valence-electron chi connectivity index (χ0n) is 12.9. The van der Waals surface area contributed by atoms with Crippen LogP contribution in [0.2, 0.25) is 0 Å². The maximum atomic E-state index is 5.42. The minimum absolute atomic E-state index is 0.596. The van der Waals surface area contributed by atoms with Crippen molar-refractivity contribution < 1.29 is 4.74 Å². The minimum Gasteiger partial charge on any atom is -0.372 e. The first-order chi connectivity index (χ1) is 10.8. The van der Waals surface area contributed by atoms with Gasteiger partial charge >= 0.3 is 0 Å². The highest BCUT2D eigenvalue weighted by atomic mass is 32.1. The maximum absolute atomic E-state index is 5.42. The molecule has 2 aliphatic rings. The Morgan fingerprint density at radius 1 is 1.27 bits per heavy atom. The molecular weight excluding hydrogens is 298 g/mol. The number of likely N-dealkylation sites (tertiary alicyclic amines) is 1. The lowest BCUT2D eigenvalue weighted by atomic mass is 9.97. The number of rotatable bonds is 3. The van der Waals surface area contributed by atoms with E-state index in [4.69, 9.17) is 4.74 Å². The third kappa shape index (κ3) is 2.80. The third-order valence-corrected chi connectivity index (χ3v) is 5.61. The molecule has 1 fully saturated rings. The predicted octanol–water partition coefficient (Wildman–Crippen LogP) is 1.95. The molecule has 118 valence electrons. The SMILES string of the molecule is Cc1cnc(C2CCN(Cc3nnc4n3CCOC4)CC2)s1. The number of aryl methyl sites for hydroxylation is 1. The van der Waals surface area contributed by atoms with E-state index in [0.29, 0.717) is 12.5 Å². The van der Waals surface area contributed by atoms with Crippen molar-refractivity contribution in [1.29, 1.82) is 0 Å². The van der Waals surface area contributed by atoms with Gasteiger partial charge in [0.2, 0.25) is 0 Å². The highest BCUT2D eigenvalue weighted by Crippen LogP contribution is 2.31. The first kappa shape index (κ1) is 14.3. The van der Waals surface area contributed by atoms with Gasteiger partial charge in [-0.2, -0.15) is 0 Å². The van der Waals surface area contributed by atoms with Gasteiger partial charge in [0, 0.05) is 23.5 Å². The van der Waals surface area contributed by atoms with Gasteiger partial charge in [0.25, 0.3) is 0 Å². The van der Waals surface area contributed by atoms with Crippen molar-refractivity contribution in [2.45, 2.75) is 45.4 Å². The summed E-state index contributed by atoms with van der Waals surface area (Å²) in [6.45, 7) is 7.50. The summed E-state index contributed by atoms with van der Waals surface area (Å²) in [5.41, 5.74) is 0. The highest BCUT2D eigenvalue weighted by molar-refractivity contribution is 7.11. The van der Waals surface area contributed by atoms with E-state index in [9.17, 15) is 0 Å². The first-order valence-corrected chi connectivity index (χ1v) is 8.74. The molecule has 0 saturated carbocycles. The van der Waals surface area contributed by atoms with Crippen LogP contribution >= 0.6 is 11.3 Å². The minimum atomic E-state index is 0.596. The van der Waals surface area contributed by atoms with Gasteiger partial charge in [-0.1, -0.05) is 0 Å². The molecule has 2 aromatic heterocycles. The van der Waals surface area contributed by atoms with Crippen LogP contribution < -0.4 is 0 Å². The molecule has 0 aliphatic carbocycles. The van der Waals surface area contributed by atoms with E-state index < -0.39 is 0 Å². The van der Waals surface area contributed by atoms with E-state index in [1.807, 2.05) is 17.5 Å². The van der Waals surface area contributed by atoms with Gasteiger partial charge in [0.1, 0.15) is 12.4 Å². The van der Waals surface area contributed by atoms with E-state index in [0.717, 1.165) is 44.4 Å². The molecule has 1 saturated heterocycles. The van der Waals surface area contributed by atoms with Gasteiger partial charge in [-0.3, -0.25) is 4.90 Å². The van der Waals surface area contributed by atoms with Crippen molar-refractivity contribution in [3.63, 3.8) is 0 Å². The number of thiazole rings is 1. The van der Waals surface area contributed by atoms with Gasteiger partial charge < -0.3 is 9.30 Å². The Balaban J connectivity index is 1.37. The highest BCUT2D eigenvalue weighted by Gasteiger charge is 2.25. The summed E-state index contributed by atoms with van der Waals surface area (Å²) in [6.07, 6.45) is 4.38. The predicted molar refractivity (Wildman–Crippen MR) is 83.8 cm³/mol. The number of nitrogens with zero attached hydrogens (tertiary/aromatic N) is 5. The van der Waals surface area contributed by atoms with Crippen LogP contribution in [0.4, 0.5) is 0 Å². The summed E-state index contributed by atoms with van der Waals surface area (Å²) < 4.78 is 7.64. The van der Waals surface area contributed by atoms with Crippen molar-refractivity contribution >= 4 is 11.3 Å². The molecule has 0 radical (unpaired) electrons. The lowest BCUT2D eigenvalue weighted by Gasteiger charge is -2.30. The van der Waals surface area contributed by atoms with Gasteiger partial charge in [-0.25, -0.2) is 4.98 Å². The molecule has 4 rings (SSSR count). The molecule has 0 bridgehead atoms. The molecule has 0 aromatic carbocycles. The van der Waals surface area contributed by atoms with Crippen molar-refractivity contribution in [2.24, 2.45) is 0 Å². The zero-order chi connectivity index (χ0) is 14.9. The van der Waals surface area contributed by atoms with E-state index in [-0.39, 0.29) is 0 Å². The maximum Gasteiger partial charge on any atom is 0.159 e. The topological polar surface area (TPSA) is 56.1 Å². The monoisotopic (exact) mass is 319 g/mol. The first-order valence-electron chi connectivity index (χ1n) is 7.93. The molecule has 7 heteroatoms. The van der Waals surface area contributed by atoms with Crippen LogP contribution in [-0.4, -0.2) is 44.3 Å². The fourth-order valence-corrected chi connectivity index (χ4v) is 4.22. The summed E-state index contributed by atoms with van der Waals surface area (Å²) in [6, 6.07) is 0. The quantitative estimate of drug-likeness (QED) is 0.865. The Kier molecular flexibility index (Phi) is 3.94. The number of aromatic nitrogens is 4. The van der Waals surface area contributed by atoms with Gasteiger partial charge in [-0.05, 0) is 32.9 Å². The number of fused-ring (bicyclic) bond motifs is 1. The molecule has 0 atom stereocenters. The summed E-state index contributed by atoms with van der Waals surface area (Å²) in [5, 5.41) is 9.91. The Labute approximate surface area is 134 Å². The summed E-state index contributed by atoms with van der Waals surface area (Å²) in [4.78, 5) is 8.36. The summed E-state index contributed by atoms with van der Waals surface area (Å²) in [5.74, 6) is 2.69. The van der Waals surface area contributed by atoms with E-state index in [1.54, 1.807) is 0 Å². The molecule has 4 heterocycles. The van der Waals surface area contributed by atoms with Crippen LogP contribution in [0.15, 0.2) is 6.20 Å². The average Bonchev–Trinajstić information content (AvgIpc) is 3.15. The molecule has 0 spiro atoms. The Bertz CT molecular complexity index is 644. The van der Waals surface area contributed by atoms with Crippen molar-refractivity contribution in [3.05, 3.63) is 27.7 Å². The van der Waals surface area contributed by atoms with Crippen LogP contribution in [0.5, 0.6) is 0 Å². The van der Waals surface area contributed by atoms with Gasteiger partial charge in [-0.15, -0.1) is 21.5 Å². The summed E-state index contributed by atoms with van der Waals surface area (Å²) in [7, 11) is 0. The molecule has 22 heavy (non-hydrogen) atoms. The van der Waals surface area contributed by atoms with Gasteiger partial charge in [0.15, 0.2) is 5.82 Å². The Hall–Kier alpha value is -1.31. The van der Waals surface area contributed by atoms with E-state index in [1.165, 1.54) is 22.7 Å². The second-order valence-corrected chi connectivity index (χ2v) is 7.36. The number of piperidine rings is 1. The Morgan fingerprint density at radius 2 is 2.14 bits per heavy atom. The number of ether oxygens (including phenoxy) is 1. The number of hydrogen-bond acceptors (Lipinski definition) is 6.